The molecular formula is C17H21NO5-2. The number of aliphatic carboxylic acids is 1. The number of carbonyl (C=O) groups is 3. The van der Waals surface area contributed by atoms with Crippen molar-refractivity contribution < 1.29 is 24.6 Å². The van der Waals surface area contributed by atoms with E-state index in [1.165, 1.54) is 24.3 Å². The van der Waals surface area contributed by atoms with E-state index in [0.717, 1.165) is 12.8 Å². The highest BCUT2D eigenvalue weighted by molar-refractivity contribution is 5.92. The number of aromatic carboxylic acids is 1. The molecule has 0 fully saturated rings. The molecule has 1 N–H and O–H groups in total. The fourth-order valence-electron chi connectivity index (χ4n) is 2.40. The minimum absolute atomic E-state index is 0.0212. The van der Waals surface area contributed by atoms with Crippen LogP contribution in [-0.2, 0) is 9.59 Å². The molecule has 0 aliphatic carbocycles. The molecule has 1 amide bonds. The summed E-state index contributed by atoms with van der Waals surface area (Å²) in [5.74, 6) is -3.72. The number of carboxylic acids is 2. The maximum Gasteiger partial charge on any atom is 0.224 e. The summed E-state index contributed by atoms with van der Waals surface area (Å²) < 4.78 is 0. The van der Waals surface area contributed by atoms with Crippen LogP contribution in [-0.4, -0.2) is 17.8 Å². The van der Waals surface area contributed by atoms with Gasteiger partial charge in [-0.05, 0) is 30.0 Å². The molecule has 0 radical (unpaired) electrons. The number of benzene rings is 1. The first kappa shape index (κ1) is 18.7. The molecule has 6 nitrogen and oxygen atoms in total. The van der Waals surface area contributed by atoms with Gasteiger partial charge >= 0.3 is 0 Å². The Morgan fingerprint density at radius 3 is 2.22 bits per heavy atom. The van der Waals surface area contributed by atoms with Gasteiger partial charge in [-0.1, -0.05) is 38.8 Å². The molecule has 0 bridgehead atoms. The molecule has 1 aromatic rings. The van der Waals surface area contributed by atoms with Crippen molar-refractivity contribution in [3.63, 3.8) is 0 Å². The molecule has 1 rings (SSSR count). The van der Waals surface area contributed by atoms with Crippen LogP contribution in [0.4, 0.5) is 5.69 Å². The number of carboxylic acid groups (broad SMARTS) is 2. The topological polar surface area (TPSA) is 109 Å². The summed E-state index contributed by atoms with van der Waals surface area (Å²) >= 11 is 0. The van der Waals surface area contributed by atoms with Gasteiger partial charge in [0.05, 0.1) is 5.97 Å². The summed E-state index contributed by atoms with van der Waals surface area (Å²) in [5.41, 5.74) is 0.471. The Kier molecular flexibility index (Phi) is 7.25. The Balaban J connectivity index is 2.60. The highest BCUT2D eigenvalue weighted by Crippen LogP contribution is 2.22. The van der Waals surface area contributed by atoms with E-state index in [-0.39, 0.29) is 23.8 Å². The minimum Gasteiger partial charge on any atom is -0.550 e. The predicted molar refractivity (Wildman–Crippen MR) is 81.2 cm³/mol. The third kappa shape index (κ3) is 6.10. The molecule has 6 heteroatoms. The van der Waals surface area contributed by atoms with E-state index in [2.05, 4.69) is 5.32 Å². The van der Waals surface area contributed by atoms with Crippen LogP contribution in [0.2, 0.25) is 0 Å². The second-order valence-corrected chi connectivity index (χ2v) is 5.66. The first-order valence-corrected chi connectivity index (χ1v) is 7.67. The minimum atomic E-state index is -1.29. The second-order valence-electron chi connectivity index (χ2n) is 5.66. The van der Waals surface area contributed by atoms with Gasteiger partial charge in [0.1, 0.15) is 0 Å². The first-order valence-electron chi connectivity index (χ1n) is 7.67. The molecular weight excluding hydrogens is 298 g/mol. The number of hydrogen-bond donors (Lipinski definition) is 1. The van der Waals surface area contributed by atoms with Crippen LogP contribution >= 0.6 is 0 Å². The van der Waals surface area contributed by atoms with Crippen LogP contribution in [0.15, 0.2) is 24.3 Å². The summed E-state index contributed by atoms with van der Waals surface area (Å²) in [6.07, 6.45) is 2.21. The molecule has 0 unspecified atom stereocenters. The van der Waals surface area contributed by atoms with Gasteiger partial charge in [0.25, 0.3) is 0 Å². The number of unbranched alkanes of at least 4 members (excludes halogenated alkanes) is 1. The van der Waals surface area contributed by atoms with E-state index in [1.807, 2.05) is 6.92 Å². The van der Waals surface area contributed by atoms with Crippen molar-refractivity contribution >= 4 is 23.5 Å². The monoisotopic (exact) mass is 319 g/mol. The summed E-state index contributed by atoms with van der Waals surface area (Å²) in [4.78, 5) is 33.8. The smallest absolute Gasteiger partial charge is 0.224 e. The van der Waals surface area contributed by atoms with Crippen LogP contribution < -0.4 is 15.5 Å². The van der Waals surface area contributed by atoms with Gasteiger partial charge in [-0.25, -0.2) is 0 Å². The van der Waals surface area contributed by atoms with Gasteiger partial charge in [-0.15, -0.1) is 0 Å². The summed E-state index contributed by atoms with van der Waals surface area (Å²) in [6.45, 7) is 3.69. The Labute approximate surface area is 135 Å². The molecule has 0 spiro atoms. The SMILES string of the molecule is CCCC[C@H](C(=O)[O-])[C@H](C)CC(=O)Nc1ccc(C(=O)[O-])cc1. The Morgan fingerprint density at radius 1 is 1.13 bits per heavy atom. The number of amides is 1. The van der Waals surface area contributed by atoms with Crippen molar-refractivity contribution in [1.29, 1.82) is 0 Å². The maximum absolute atomic E-state index is 12.0. The molecule has 0 saturated heterocycles. The normalized spacial score (nSPS) is 13.1. The van der Waals surface area contributed by atoms with Gasteiger partial charge < -0.3 is 25.1 Å². The fourth-order valence-corrected chi connectivity index (χ4v) is 2.40. The van der Waals surface area contributed by atoms with Crippen molar-refractivity contribution in [2.45, 2.75) is 39.5 Å². The zero-order valence-electron chi connectivity index (χ0n) is 13.3. The van der Waals surface area contributed by atoms with E-state index in [0.29, 0.717) is 12.1 Å². The lowest BCUT2D eigenvalue weighted by Gasteiger charge is -2.24. The molecule has 0 heterocycles. The van der Waals surface area contributed by atoms with Gasteiger partial charge in [0.2, 0.25) is 5.91 Å². The van der Waals surface area contributed by atoms with Crippen LogP contribution in [0.25, 0.3) is 0 Å². The quantitative estimate of drug-likeness (QED) is 0.715. The Hall–Kier alpha value is -2.37. The van der Waals surface area contributed by atoms with E-state index in [1.54, 1.807) is 6.92 Å². The van der Waals surface area contributed by atoms with E-state index in [4.69, 9.17) is 0 Å². The highest BCUT2D eigenvalue weighted by Gasteiger charge is 2.21. The summed E-state index contributed by atoms with van der Waals surface area (Å²) in [5, 5.41) is 24.5. The average molecular weight is 319 g/mol. The van der Waals surface area contributed by atoms with Crippen molar-refractivity contribution in [2.75, 3.05) is 5.32 Å². The van der Waals surface area contributed by atoms with Gasteiger partial charge in [-0.3, -0.25) is 4.79 Å². The highest BCUT2D eigenvalue weighted by atomic mass is 16.4. The number of anilines is 1. The molecule has 2 atom stereocenters. The number of nitrogens with one attached hydrogen (secondary N) is 1. The first-order chi connectivity index (χ1) is 10.8. The van der Waals surface area contributed by atoms with Crippen LogP contribution in [0.5, 0.6) is 0 Å². The van der Waals surface area contributed by atoms with Crippen molar-refractivity contribution in [2.24, 2.45) is 11.8 Å². The fraction of sp³-hybridized carbons (Fsp3) is 0.471. The predicted octanol–water partition coefficient (Wildman–Crippen LogP) is 0.571. The standard InChI is InChI=1S/C17H23NO5/c1-3-4-5-14(17(22)23)11(2)10-15(19)18-13-8-6-12(7-9-13)16(20)21/h6-9,11,14H,3-5,10H2,1-2H3,(H,18,19)(H,20,21)(H,22,23)/p-2/t11-,14+/m1/s1. The summed E-state index contributed by atoms with van der Waals surface area (Å²) in [6, 6.07) is 5.58. The zero-order valence-corrected chi connectivity index (χ0v) is 13.3. The molecule has 1 aromatic carbocycles. The van der Waals surface area contributed by atoms with Gasteiger partial charge in [0.15, 0.2) is 0 Å². The largest absolute Gasteiger partial charge is 0.550 e. The maximum atomic E-state index is 12.0. The number of hydrogen-bond acceptors (Lipinski definition) is 5. The lowest BCUT2D eigenvalue weighted by Crippen LogP contribution is -2.36. The lowest BCUT2D eigenvalue weighted by molar-refractivity contribution is -0.313. The van der Waals surface area contributed by atoms with Crippen LogP contribution in [0, 0.1) is 11.8 Å². The van der Waals surface area contributed by atoms with Crippen LogP contribution in [0.3, 0.4) is 0 Å². The lowest BCUT2D eigenvalue weighted by atomic mass is 9.87. The Morgan fingerprint density at radius 2 is 1.74 bits per heavy atom. The average Bonchev–Trinajstić information content (AvgIpc) is 2.47. The molecule has 0 aliphatic rings. The van der Waals surface area contributed by atoms with E-state index in [9.17, 15) is 24.6 Å². The summed E-state index contributed by atoms with van der Waals surface area (Å²) in [7, 11) is 0. The van der Waals surface area contributed by atoms with E-state index < -0.39 is 17.9 Å². The number of rotatable bonds is 9. The molecule has 0 saturated carbocycles. The van der Waals surface area contributed by atoms with Crippen molar-refractivity contribution in [3.8, 4) is 0 Å². The van der Waals surface area contributed by atoms with E-state index >= 15 is 0 Å². The van der Waals surface area contributed by atoms with Gasteiger partial charge in [0, 0.05) is 24.0 Å². The Bertz CT molecular complexity index is 553. The molecule has 126 valence electrons. The molecule has 0 aliphatic heterocycles. The second kappa shape index (κ2) is 8.92. The number of carbonyl (C=O) groups excluding carboxylic acids is 3. The van der Waals surface area contributed by atoms with Gasteiger partial charge in [-0.2, -0.15) is 0 Å². The third-order valence-corrected chi connectivity index (χ3v) is 3.77. The molecule has 0 aromatic heterocycles. The molecule has 23 heavy (non-hydrogen) atoms. The third-order valence-electron chi connectivity index (χ3n) is 3.77. The van der Waals surface area contributed by atoms with Crippen molar-refractivity contribution in [1.82, 2.24) is 0 Å². The van der Waals surface area contributed by atoms with Crippen LogP contribution in [0.1, 0.15) is 49.9 Å². The van der Waals surface area contributed by atoms with Crippen molar-refractivity contribution in [3.05, 3.63) is 29.8 Å². The zero-order chi connectivity index (χ0) is 17.4.